The Labute approximate surface area is 170 Å². The Hall–Kier alpha value is -2.93. The third-order valence-electron chi connectivity index (χ3n) is 4.20. The summed E-state index contributed by atoms with van der Waals surface area (Å²) in [4.78, 5) is 54.5. The lowest BCUT2D eigenvalue weighted by Crippen LogP contribution is -2.62. The Kier molecular flexibility index (Phi) is 7.94. The quantitative estimate of drug-likeness (QED) is 0.184. The molecule has 0 aliphatic carbocycles. The number of carbonyl (C=O) groups excluding carboxylic acids is 4. The maximum Gasteiger partial charge on any atom is 0.303 e. The number of amides is 1. The van der Waals surface area contributed by atoms with Crippen molar-refractivity contribution in [2.45, 2.75) is 70.5 Å². The molecule has 0 radical (unpaired) electrons. The highest BCUT2D eigenvalue weighted by atomic mass is 16.8. The first-order valence-electron chi connectivity index (χ1n) is 8.98. The number of hydroxylamine groups is 2. The largest absolute Gasteiger partial charge is 0.463 e. The van der Waals surface area contributed by atoms with E-state index in [-0.39, 0.29) is 12.8 Å². The van der Waals surface area contributed by atoms with Gasteiger partial charge >= 0.3 is 17.9 Å². The molecule has 6 atom stereocenters. The van der Waals surface area contributed by atoms with Crippen LogP contribution in [0.25, 0.3) is 10.4 Å². The number of rotatable bonds is 7. The number of nitrogens with zero attached hydrogens (tertiary/aromatic N) is 4. The van der Waals surface area contributed by atoms with Crippen LogP contribution in [-0.4, -0.2) is 77.5 Å². The molecular formula is C16H22N4O10. The zero-order valence-electron chi connectivity index (χ0n) is 16.5. The summed E-state index contributed by atoms with van der Waals surface area (Å²) in [6.45, 7) is 2.89. The number of azide groups is 1. The predicted molar refractivity (Wildman–Crippen MR) is 92.5 cm³/mol. The van der Waals surface area contributed by atoms with Crippen molar-refractivity contribution in [1.82, 2.24) is 5.06 Å². The molecule has 1 amide bonds. The van der Waals surface area contributed by atoms with Crippen molar-refractivity contribution in [3.63, 3.8) is 0 Å². The Morgan fingerprint density at radius 1 is 1.20 bits per heavy atom. The molecule has 2 heterocycles. The van der Waals surface area contributed by atoms with Crippen LogP contribution in [0.3, 0.4) is 0 Å². The van der Waals surface area contributed by atoms with E-state index in [1.165, 1.54) is 0 Å². The van der Waals surface area contributed by atoms with Crippen LogP contribution in [-0.2, 0) is 43.0 Å². The van der Waals surface area contributed by atoms with Crippen LogP contribution >= 0.6 is 0 Å². The number of hydrogen-bond donors (Lipinski definition) is 1. The van der Waals surface area contributed by atoms with E-state index in [1.807, 2.05) is 0 Å². The van der Waals surface area contributed by atoms with Gasteiger partial charge in [0.15, 0.2) is 24.7 Å². The van der Waals surface area contributed by atoms with Gasteiger partial charge in [-0.25, -0.2) is 4.84 Å². The lowest BCUT2D eigenvalue weighted by Gasteiger charge is -2.43. The van der Waals surface area contributed by atoms with E-state index in [4.69, 9.17) is 29.3 Å². The number of hydrogen-bond acceptors (Lipinski definition) is 11. The van der Waals surface area contributed by atoms with Gasteiger partial charge in [-0.05, 0) is 5.53 Å². The third kappa shape index (κ3) is 5.79. The van der Waals surface area contributed by atoms with Gasteiger partial charge < -0.3 is 24.1 Å². The van der Waals surface area contributed by atoms with Crippen molar-refractivity contribution in [3.8, 4) is 0 Å². The van der Waals surface area contributed by atoms with Crippen LogP contribution < -0.4 is 0 Å². The van der Waals surface area contributed by atoms with E-state index in [9.17, 15) is 24.3 Å². The van der Waals surface area contributed by atoms with Gasteiger partial charge in [-0.2, -0.15) is 5.06 Å². The van der Waals surface area contributed by atoms with Crippen LogP contribution in [0, 0.1) is 0 Å². The molecule has 2 rings (SSSR count). The van der Waals surface area contributed by atoms with Gasteiger partial charge in [0.25, 0.3) is 0 Å². The molecule has 14 heteroatoms. The first-order chi connectivity index (χ1) is 14.1. The smallest absolute Gasteiger partial charge is 0.303 e. The van der Waals surface area contributed by atoms with E-state index in [1.54, 1.807) is 0 Å². The summed E-state index contributed by atoms with van der Waals surface area (Å²) in [7, 11) is 0. The van der Waals surface area contributed by atoms with E-state index in [0.717, 1.165) is 20.8 Å². The summed E-state index contributed by atoms with van der Waals surface area (Å²) in [6, 6.07) is -1.41. The van der Waals surface area contributed by atoms with Crippen LogP contribution in [0.15, 0.2) is 5.11 Å². The summed E-state index contributed by atoms with van der Waals surface area (Å²) in [5.74, 6) is -2.77. The van der Waals surface area contributed by atoms with Gasteiger partial charge in [-0.3, -0.25) is 19.2 Å². The van der Waals surface area contributed by atoms with Crippen molar-refractivity contribution >= 4 is 23.8 Å². The standard InChI is InChI=1S/C16H22N4O10/c1-7(21)26-6-10-14(27-8(2)22)15(28-9(3)23)13(18-19-17)16(29-10)30-20-11(24)4-5-12(20)25/h10-11,13-16,24H,4-6H2,1-3H3. The van der Waals surface area contributed by atoms with Crippen molar-refractivity contribution in [2.24, 2.45) is 5.11 Å². The molecule has 0 aromatic heterocycles. The molecule has 0 aromatic carbocycles. The molecule has 0 bridgehead atoms. The fraction of sp³-hybridized carbons (Fsp3) is 0.750. The van der Waals surface area contributed by atoms with E-state index >= 15 is 0 Å². The van der Waals surface area contributed by atoms with Crippen LogP contribution in [0.1, 0.15) is 33.6 Å². The highest BCUT2D eigenvalue weighted by Crippen LogP contribution is 2.31. The summed E-state index contributed by atoms with van der Waals surface area (Å²) in [5.41, 5.74) is 8.96. The second kappa shape index (κ2) is 10.2. The molecule has 2 aliphatic heterocycles. The SMILES string of the molecule is CC(=O)OCC1OC(ON2C(=O)CCC2O)C(N=[N+]=[N-])C(OC(C)=O)C1OC(C)=O. The Morgan fingerprint density at radius 3 is 2.33 bits per heavy atom. The first-order valence-corrected chi connectivity index (χ1v) is 8.98. The maximum absolute atomic E-state index is 11.9. The highest BCUT2D eigenvalue weighted by Gasteiger charge is 2.52. The summed E-state index contributed by atoms with van der Waals surface area (Å²) in [6.07, 6.45) is -6.59. The molecule has 6 unspecified atom stereocenters. The number of aliphatic hydroxyl groups is 1. The average molecular weight is 430 g/mol. The molecule has 14 nitrogen and oxygen atoms in total. The molecule has 2 aliphatic rings. The van der Waals surface area contributed by atoms with Crippen LogP contribution in [0.2, 0.25) is 0 Å². The van der Waals surface area contributed by atoms with Gasteiger partial charge in [-0.15, -0.1) is 0 Å². The van der Waals surface area contributed by atoms with Gasteiger partial charge in [0.05, 0.1) is 0 Å². The number of carbonyl (C=O) groups is 4. The van der Waals surface area contributed by atoms with Gasteiger partial charge in [0.2, 0.25) is 5.91 Å². The predicted octanol–water partition coefficient (Wildman–Crippen LogP) is -0.311. The van der Waals surface area contributed by atoms with Gasteiger partial charge in [0, 0.05) is 38.5 Å². The minimum atomic E-state index is -1.53. The van der Waals surface area contributed by atoms with E-state index < -0.39 is 67.3 Å². The molecular weight excluding hydrogens is 408 g/mol. The lowest BCUT2D eigenvalue weighted by molar-refractivity contribution is -0.345. The van der Waals surface area contributed by atoms with Crippen molar-refractivity contribution in [1.29, 1.82) is 0 Å². The van der Waals surface area contributed by atoms with E-state index in [2.05, 4.69) is 10.0 Å². The molecule has 30 heavy (non-hydrogen) atoms. The van der Waals surface area contributed by atoms with Crippen LogP contribution in [0.4, 0.5) is 0 Å². The molecule has 0 aromatic rings. The van der Waals surface area contributed by atoms with Crippen molar-refractivity contribution in [3.05, 3.63) is 10.4 Å². The Bertz CT molecular complexity index is 740. The first kappa shape index (κ1) is 23.3. The zero-order valence-corrected chi connectivity index (χ0v) is 16.5. The Balaban J connectivity index is 2.39. The zero-order chi connectivity index (χ0) is 22.4. The average Bonchev–Trinajstić information content (AvgIpc) is 2.96. The fourth-order valence-corrected chi connectivity index (χ4v) is 3.04. The molecule has 0 saturated carbocycles. The third-order valence-corrected chi connectivity index (χ3v) is 4.20. The van der Waals surface area contributed by atoms with E-state index in [0.29, 0.717) is 5.06 Å². The highest BCUT2D eigenvalue weighted by molar-refractivity contribution is 5.77. The molecule has 2 saturated heterocycles. The number of esters is 3. The fourth-order valence-electron chi connectivity index (χ4n) is 3.04. The number of aliphatic hydroxyl groups excluding tert-OH is 1. The number of ether oxygens (including phenoxy) is 4. The Morgan fingerprint density at radius 2 is 1.83 bits per heavy atom. The summed E-state index contributed by atoms with van der Waals surface area (Å²) in [5, 5.41) is 14.1. The monoisotopic (exact) mass is 430 g/mol. The second-order valence-corrected chi connectivity index (χ2v) is 6.53. The second-order valence-electron chi connectivity index (χ2n) is 6.53. The van der Waals surface area contributed by atoms with Gasteiger partial charge in [0.1, 0.15) is 18.8 Å². The minimum Gasteiger partial charge on any atom is -0.463 e. The normalized spacial score (nSPS) is 30.9. The van der Waals surface area contributed by atoms with Crippen molar-refractivity contribution in [2.75, 3.05) is 6.61 Å². The van der Waals surface area contributed by atoms with Gasteiger partial charge in [-0.1, -0.05) is 5.11 Å². The molecule has 2 fully saturated rings. The topological polar surface area (TPSA) is 187 Å². The minimum absolute atomic E-state index is 0.0143. The summed E-state index contributed by atoms with van der Waals surface area (Å²) >= 11 is 0. The molecule has 0 spiro atoms. The van der Waals surface area contributed by atoms with Crippen molar-refractivity contribution < 1.29 is 48.1 Å². The summed E-state index contributed by atoms with van der Waals surface area (Å²) < 4.78 is 21.0. The van der Waals surface area contributed by atoms with Crippen LogP contribution in [0.5, 0.6) is 0 Å². The lowest BCUT2D eigenvalue weighted by atomic mass is 9.97. The molecule has 166 valence electrons. The maximum atomic E-state index is 11.9. The molecule has 1 N–H and O–H groups in total.